The zero-order valence-corrected chi connectivity index (χ0v) is 18.1. The number of aromatic nitrogens is 3. The second-order valence-corrected chi connectivity index (χ2v) is 8.21. The molecule has 4 rings (SSSR count). The molecule has 0 radical (unpaired) electrons. The summed E-state index contributed by atoms with van der Waals surface area (Å²) >= 11 is 14.7. The van der Waals surface area contributed by atoms with E-state index in [1.165, 1.54) is 24.6 Å². The molecule has 28 heavy (non-hydrogen) atoms. The average molecular weight is 436 g/mol. The van der Waals surface area contributed by atoms with Gasteiger partial charge in [-0.3, -0.25) is 4.98 Å². The highest BCUT2D eigenvalue weighted by atomic mass is 35.5. The molecule has 0 saturated heterocycles. The van der Waals surface area contributed by atoms with Crippen LogP contribution in [0.4, 0.5) is 0 Å². The molecular formula is C20H19Cl2N3O2S. The Kier molecular flexibility index (Phi) is 5.54. The van der Waals surface area contributed by atoms with E-state index in [2.05, 4.69) is 4.98 Å². The van der Waals surface area contributed by atoms with Crippen LogP contribution in [0.3, 0.4) is 0 Å². The van der Waals surface area contributed by atoms with Gasteiger partial charge in [0.25, 0.3) is 0 Å². The smallest absolute Gasteiger partial charge is 0.187 e. The average Bonchev–Trinajstić information content (AvgIpc) is 3.52. The molecule has 0 atom stereocenters. The Hall–Kier alpha value is -1.76. The molecular weight excluding hydrogens is 417 g/mol. The summed E-state index contributed by atoms with van der Waals surface area (Å²) in [6.45, 7) is 0. The van der Waals surface area contributed by atoms with Crippen LogP contribution >= 0.6 is 35.0 Å². The molecule has 0 aliphatic heterocycles. The van der Waals surface area contributed by atoms with E-state index in [9.17, 15) is 0 Å². The van der Waals surface area contributed by atoms with Crippen LogP contribution in [0.15, 0.2) is 23.5 Å². The van der Waals surface area contributed by atoms with Crippen molar-refractivity contribution < 1.29 is 9.47 Å². The van der Waals surface area contributed by atoms with Crippen molar-refractivity contribution in [3.8, 4) is 22.8 Å². The Morgan fingerprint density at radius 3 is 2.32 bits per heavy atom. The lowest BCUT2D eigenvalue weighted by Crippen LogP contribution is -2.01. The number of nitrogens with zero attached hydrogens (tertiary/aromatic N) is 3. The minimum Gasteiger partial charge on any atom is -0.495 e. The third-order valence-electron chi connectivity index (χ3n) is 4.81. The minimum absolute atomic E-state index is 0.402. The molecule has 1 saturated carbocycles. The molecule has 2 heterocycles. The van der Waals surface area contributed by atoms with Crippen LogP contribution in [0.5, 0.6) is 11.5 Å². The molecule has 0 N–H and O–H groups in total. The maximum Gasteiger partial charge on any atom is 0.187 e. The fourth-order valence-electron chi connectivity index (χ4n) is 3.16. The summed E-state index contributed by atoms with van der Waals surface area (Å²) in [5, 5.41) is 2.45. The summed E-state index contributed by atoms with van der Waals surface area (Å²) in [6.07, 6.45) is 7.12. The summed E-state index contributed by atoms with van der Waals surface area (Å²) < 4.78 is 10.8. The quantitative estimate of drug-likeness (QED) is 0.366. The van der Waals surface area contributed by atoms with Gasteiger partial charge in [0.05, 0.1) is 41.2 Å². The number of fused-ring (bicyclic) bond motifs is 1. The van der Waals surface area contributed by atoms with Gasteiger partial charge in [-0.1, -0.05) is 35.0 Å². The van der Waals surface area contributed by atoms with Crippen molar-refractivity contribution in [1.82, 2.24) is 15.0 Å². The number of benzene rings is 1. The van der Waals surface area contributed by atoms with Crippen LogP contribution in [0, 0.1) is 5.92 Å². The zero-order valence-electron chi connectivity index (χ0n) is 15.8. The van der Waals surface area contributed by atoms with Crippen molar-refractivity contribution in [2.45, 2.75) is 24.4 Å². The van der Waals surface area contributed by atoms with Gasteiger partial charge in [-0.05, 0) is 37.5 Å². The highest BCUT2D eigenvalue weighted by Gasteiger charge is 2.26. The second kappa shape index (κ2) is 7.93. The normalized spacial score (nSPS) is 13.8. The van der Waals surface area contributed by atoms with Gasteiger partial charge in [-0.25, -0.2) is 9.97 Å². The van der Waals surface area contributed by atoms with Crippen molar-refractivity contribution in [2.24, 2.45) is 5.92 Å². The number of ether oxygens (including phenoxy) is 2. The van der Waals surface area contributed by atoms with Gasteiger partial charge in [0, 0.05) is 23.2 Å². The first-order chi connectivity index (χ1) is 13.5. The van der Waals surface area contributed by atoms with E-state index in [-0.39, 0.29) is 0 Å². The lowest BCUT2D eigenvalue weighted by Gasteiger charge is -2.16. The molecule has 1 fully saturated rings. The molecule has 1 aliphatic rings. The third kappa shape index (κ3) is 3.61. The van der Waals surface area contributed by atoms with Gasteiger partial charge in [0.2, 0.25) is 0 Å². The fraction of sp³-hybridized carbons (Fsp3) is 0.350. The van der Waals surface area contributed by atoms with E-state index >= 15 is 0 Å². The summed E-state index contributed by atoms with van der Waals surface area (Å²) in [4.78, 5) is 14.0. The molecule has 0 amide bonds. The van der Waals surface area contributed by atoms with Crippen molar-refractivity contribution in [1.29, 1.82) is 0 Å². The Labute approximate surface area is 177 Å². The molecule has 1 aromatic carbocycles. The molecule has 1 aliphatic carbocycles. The fourth-order valence-corrected chi connectivity index (χ4v) is 4.20. The first kappa shape index (κ1) is 19.6. The predicted octanol–water partition coefficient (Wildman–Crippen LogP) is 5.69. The number of thioether (sulfide) groups is 1. The van der Waals surface area contributed by atoms with Gasteiger partial charge in [0.15, 0.2) is 5.16 Å². The molecule has 8 heteroatoms. The maximum absolute atomic E-state index is 6.61. The molecule has 0 bridgehead atoms. The number of hydrogen-bond acceptors (Lipinski definition) is 6. The first-order valence-corrected chi connectivity index (χ1v) is 10.8. The maximum atomic E-state index is 6.61. The Balaban J connectivity index is 1.96. The minimum atomic E-state index is 0.402. The Bertz CT molecular complexity index is 1030. The van der Waals surface area contributed by atoms with Crippen LogP contribution in [0.2, 0.25) is 10.0 Å². The third-order valence-corrected chi connectivity index (χ3v) is 6.12. The van der Waals surface area contributed by atoms with Gasteiger partial charge in [-0.2, -0.15) is 0 Å². The van der Waals surface area contributed by atoms with Crippen molar-refractivity contribution in [3.05, 3.63) is 34.1 Å². The Morgan fingerprint density at radius 2 is 1.75 bits per heavy atom. The number of hydrogen-bond donors (Lipinski definition) is 0. The monoisotopic (exact) mass is 435 g/mol. The molecule has 0 spiro atoms. The van der Waals surface area contributed by atoms with Crippen LogP contribution < -0.4 is 9.47 Å². The van der Waals surface area contributed by atoms with Gasteiger partial charge < -0.3 is 9.47 Å². The van der Waals surface area contributed by atoms with Gasteiger partial charge in [0.1, 0.15) is 11.5 Å². The van der Waals surface area contributed by atoms with E-state index in [0.29, 0.717) is 38.7 Å². The standard InChI is InChI=1S/C20H19Cl2N3O2S/c1-26-14-8-15(27-2)18(22)16(17(14)21)12-7-11-9-23-20(28-3)25-19(11)13(24-12)6-10-4-5-10/h7-10H,4-6H2,1-3H3. The number of methoxy groups -OCH3 is 2. The van der Waals surface area contributed by atoms with Crippen LogP contribution in [-0.4, -0.2) is 35.4 Å². The second-order valence-electron chi connectivity index (χ2n) is 6.68. The van der Waals surface area contributed by atoms with E-state index in [1.54, 1.807) is 20.3 Å². The van der Waals surface area contributed by atoms with E-state index in [4.69, 9.17) is 42.6 Å². The topological polar surface area (TPSA) is 57.1 Å². The lowest BCUT2D eigenvalue weighted by molar-refractivity contribution is 0.395. The largest absolute Gasteiger partial charge is 0.495 e. The summed E-state index contributed by atoms with van der Waals surface area (Å²) in [5.74, 6) is 1.62. The Morgan fingerprint density at radius 1 is 1.07 bits per heavy atom. The zero-order chi connectivity index (χ0) is 19.8. The van der Waals surface area contributed by atoms with Crippen LogP contribution in [0.25, 0.3) is 22.2 Å². The van der Waals surface area contributed by atoms with Crippen molar-refractivity contribution >= 4 is 45.9 Å². The van der Waals surface area contributed by atoms with E-state index in [0.717, 1.165) is 28.2 Å². The predicted molar refractivity (Wildman–Crippen MR) is 114 cm³/mol. The van der Waals surface area contributed by atoms with E-state index < -0.39 is 0 Å². The highest BCUT2D eigenvalue weighted by molar-refractivity contribution is 7.98. The molecule has 5 nitrogen and oxygen atoms in total. The van der Waals surface area contributed by atoms with Crippen molar-refractivity contribution in [3.63, 3.8) is 0 Å². The van der Waals surface area contributed by atoms with E-state index in [1.807, 2.05) is 18.5 Å². The number of halogens is 2. The van der Waals surface area contributed by atoms with Crippen LogP contribution in [0.1, 0.15) is 18.5 Å². The molecule has 0 unspecified atom stereocenters. The highest BCUT2D eigenvalue weighted by Crippen LogP contribution is 2.46. The summed E-state index contributed by atoms with van der Waals surface area (Å²) in [7, 11) is 3.12. The van der Waals surface area contributed by atoms with Crippen LogP contribution in [-0.2, 0) is 6.42 Å². The first-order valence-electron chi connectivity index (χ1n) is 8.86. The number of rotatable bonds is 6. The molecule has 3 aromatic rings. The van der Waals surface area contributed by atoms with Gasteiger partial charge in [-0.15, -0.1) is 0 Å². The number of pyridine rings is 1. The lowest BCUT2D eigenvalue weighted by atomic mass is 10.1. The molecule has 146 valence electrons. The van der Waals surface area contributed by atoms with Gasteiger partial charge >= 0.3 is 0 Å². The SMILES string of the molecule is COc1cc(OC)c(Cl)c(-c2cc3cnc(SC)nc3c(CC3CC3)n2)c1Cl. The van der Waals surface area contributed by atoms with Crippen molar-refractivity contribution in [2.75, 3.05) is 20.5 Å². The summed E-state index contributed by atoms with van der Waals surface area (Å²) in [5.41, 5.74) is 3.09. The summed E-state index contributed by atoms with van der Waals surface area (Å²) in [6, 6.07) is 3.59. The molecule has 2 aromatic heterocycles.